The van der Waals surface area contributed by atoms with Gasteiger partial charge in [0.05, 0.1) is 0 Å². The fraction of sp³-hybridized carbons (Fsp3) is 0.609. The Morgan fingerprint density at radius 1 is 1.07 bits per heavy atom. The summed E-state index contributed by atoms with van der Waals surface area (Å²) in [5, 5.41) is 6.12. The molecule has 4 amide bonds. The zero-order valence-corrected chi connectivity index (χ0v) is 16.9. The summed E-state index contributed by atoms with van der Waals surface area (Å²) in [5.74, 6) is 1.63. The molecule has 0 aromatic heterocycles. The van der Waals surface area contributed by atoms with Crippen molar-refractivity contribution >= 4 is 17.8 Å². The summed E-state index contributed by atoms with van der Waals surface area (Å²) in [7, 11) is 0. The molecule has 0 unspecified atom stereocenters. The molecule has 6 heteroatoms. The van der Waals surface area contributed by atoms with E-state index >= 15 is 0 Å². The second-order valence-corrected chi connectivity index (χ2v) is 9.69. The molecule has 29 heavy (non-hydrogen) atoms. The Morgan fingerprint density at radius 2 is 1.66 bits per heavy atom. The number of nitrogens with one attached hydrogen (secondary N) is 2. The van der Waals surface area contributed by atoms with Crippen LogP contribution in [0.2, 0.25) is 0 Å². The largest absolute Gasteiger partial charge is 0.349 e. The third-order valence-electron chi connectivity index (χ3n) is 7.72. The van der Waals surface area contributed by atoms with Gasteiger partial charge in [-0.1, -0.05) is 37.3 Å². The quantitative estimate of drug-likeness (QED) is 0.753. The number of nitrogens with zero attached hydrogens (tertiary/aromatic N) is 1. The molecule has 6 nitrogen and oxygen atoms in total. The molecular weight excluding hydrogens is 366 g/mol. The highest BCUT2D eigenvalue weighted by atomic mass is 16.2. The molecule has 6 rings (SSSR count). The summed E-state index contributed by atoms with van der Waals surface area (Å²) < 4.78 is 0. The van der Waals surface area contributed by atoms with E-state index in [1.807, 2.05) is 37.3 Å². The van der Waals surface area contributed by atoms with Crippen molar-refractivity contribution in [3.8, 4) is 0 Å². The smallest absolute Gasteiger partial charge is 0.325 e. The second-order valence-electron chi connectivity index (χ2n) is 9.69. The molecule has 1 saturated heterocycles. The fourth-order valence-electron chi connectivity index (χ4n) is 6.87. The van der Waals surface area contributed by atoms with Crippen LogP contribution in [-0.4, -0.2) is 34.8 Å². The highest BCUT2D eigenvalue weighted by molar-refractivity contribution is 6.09. The fourth-order valence-corrected chi connectivity index (χ4v) is 6.87. The van der Waals surface area contributed by atoms with Gasteiger partial charge >= 0.3 is 6.03 Å². The van der Waals surface area contributed by atoms with Crippen molar-refractivity contribution < 1.29 is 14.4 Å². The van der Waals surface area contributed by atoms with Crippen LogP contribution >= 0.6 is 0 Å². The molecule has 0 radical (unpaired) electrons. The molecule has 1 aliphatic heterocycles. The number of rotatable bonds is 5. The molecule has 1 aromatic rings. The Balaban J connectivity index is 1.31. The first kappa shape index (κ1) is 18.6. The molecule has 4 bridgehead atoms. The van der Waals surface area contributed by atoms with Crippen molar-refractivity contribution in [2.24, 2.45) is 17.8 Å². The third-order valence-corrected chi connectivity index (χ3v) is 7.72. The molecule has 1 aromatic carbocycles. The first-order valence-corrected chi connectivity index (χ1v) is 10.9. The van der Waals surface area contributed by atoms with Crippen molar-refractivity contribution in [3.05, 3.63) is 35.9 Å². The average molecular weight is 396 g/mol. The van der Waals surface area contributed by atoms with Crippen molar-refractivity contribution in [3.63, 3.8) is 0 Å². The lowest BCUT2D eigenvalue weighted by molar-refractivity contribution is -0.137. The van der Waals surface area contributed by atoms with Gasteiger partial charge in [-0.2, -0.15) is 0 Å². The minimum Gasteiger partial charge on any atom is -0.349 e. The van der Waals surface area contributed by atoms with Crippen LogP contribution in [0, 0.1) is 17.8 Å². The van der Waals surface area contributed by atoms with E-state index in [2.05, 4.69) is 10.6 Å². The predicted molar refractivity (Wildman–Crippen MR) is 108 cm³/mol. The van der Waals surface area contributed by atoms with E-state index in [0.29, 0.717) is 6.42 Å². The van der Waals surface area contributed by atoms with E-state index in [1.165, 1.54) is 19.3 Å². The second kappa shape index (κ2) is 6.57. The zero-order valence-electron chi connectivity index (χ0n) is 16.9. The molecule has 1 atom stereocenters. The molecular formula is C23H29N3O3. The number of carbonyl (C=O) groups is 3. The van der Waals surface area contributed by atoms with E-state index in [0.717, 1.165) is 47.5 Å². The van der Waals surface area contributed by atoms with Gasteiger partial charge in [0.15, 0.2) is 0 Å². The summed E-state index contributed by atoms with van der Waals surface area (Å²) in [5.41, 5.74) is -0.448. The molecule has 0 spiro atoms. The Morgan fingerprint density at radius 3 is 2.21 bits per heavy atom. The Kier molecular flexibility index (Phi) is 4.23. The molecule has 1 heterocycles. The molecule has 154 valence electrons. The van der Waals surface area contributed by atoms with Gasteiger partial charge in [-0.15, -0.1) is 0 Å². The Labute approximate surface area is 171 Å². The topological polar surface area (TPSA) is 78.5 Å². The minimum absolute atomic E-state index is 0.119. The van der Waals surface area contributed by atoms with Gasteiger partial charge in [0.25, 0.3) is 5.91 Å². The minimum atomic E-state index is -1.08. The Bertz CT molecular complexity index is 817. The van der Waals surface area contributed by atoms with E-state index in [1.54, 1.807) is 0 Å². The van der Waals surface area contributed by atoms with Crippen LogP contribution in [0.5, 0.6) is 0 Å². The van der Waals surface area contributed by atoms with Gasteiger partial charge in [-0.05, 0) is 68.3 Å². The maximum Gasteiger partial charge on any atom is 0.325 e. The van der Waals surface area contributed by atoms with E-state index < -0.39 is 11.6 Å². The van der Waals surface area contributed by atoms with Gasteiger partial charge in [0.2, 0.25) is 5.91 Å². The van der Waals surface area contributed by atoms with Crippen LogP contribution in [0.4, 0.5) is 4.79 Å². The lowest BCUT2D eigenvalue weighted by Gasteiger charge is -2.56. The Hall–Kier alpha value is -2.37. The molecule has 5 aliphatic rings. The molecule has 2 N–H and O–H groups in total. The summed E-state index contributed by atoms with van der Waals surface area (Å²) in [6, 6.07) is 8.80. The summed E-state index contributed by atoms with van der Waals surface area (Å²) >= 11 is 0. The monoisotopic (exact) mass is 395 g/mol. The van der Waals surface area contributed by atoms with Crippen LogP contribution in [0.15, 0.2) is 30.3 Å². The summed E-state index contributed by atoms with van der Waals surface area (Å²) in [6.07, 6.45) is 7.50. The van der Waals surface area contributed by atoms with Gasteiger partial charge in [-0.25, -0.2) is 4.79 Å². The third kappa shape index (κ3) is 2.95. The van der Waals surface area contributed by atoms with Crippen molar-refractivity contribution in [2.75, 3.05) is 6.54 Å². The van der Waals surface area contributed by atoms with Crippen LogP contribution in [0.3, 0.4) is 0 Å². The SMILES string of the molecule is CC[C@@]1(c2ccccc2)NC(=O)N(CC(=O)NC23CC4CC(CC(C4)C2)C3)C1=O. The van der Waals surface area contributed by atoms with Crippen molar-refractivity contribution in [2.45, 2.75) is 62.9 Å². The van der Waals surface area contributed by atoms with Crippen molar-refractivity contribution in [1.29, 1.82) is 0 Å². The standard InChI is InChI=1S/C23H29N3O3/c1-2-23(18-6-4-3-5-7-18)20(28)26(21(29)25-23)14-19(27)24-22-11-15-8-16(12-22)10-17(9-15)13-22/h3-7,15-17H,2,8-14H2,1H3,(H,24,27)(H,25,29)/t15?,16?,17?,22?,23-/m0/s1. The normalized spacial score (nSPS) is 37.7. The van der Waals surface area contributed by atoms with Gasteiger partial charge in [-0.3, -0.25) is 14.5 Å². The van der Waals surface area contributed by atoms with Gasteiger partial charge < -0.3 is 10.6 Å². The number of carbonyl (C=O) groups excluding carboxylic acids is 3. The number of imide groups is 1. The zero-order chi connectivity index (χ0) is 20.2. The number of benzene rings is 1. The highest BCUT2D eigenvalue weighted by Gasteiger charge is 2.54. The van der Waals surface area contributed by atoms with Crippen LogP contribution < -0.4 is 10.6 Å². The van der Waals surface area contributed by atoms with Crippen molar-refractivity contribution in [1.82, 2.24) is 15.5 Å². The molecule has 4 aliphatic carbocycles. The van der Waals surface area contributed by atoms with E-state index in [-0.39, 0.29) is 23.9 Å². The average Bonchev–Trinajstić information content (AvgIpc) is 2.92. The van der Waals surface area contributed by atoms with E-state index in [4.69, 9.17) is 0 Å². The first-order valence-electron chi connectivity index (χ1n) is 10.9. The number of urea groups is 1. The molecule has 5 fully saturated rings. The predicted octanol–water partition coefficient (Wildman–Crippen LogP) is 2.93. The van der Waals surface area contributed by atoms with Crippen LogP contribution in [0.1, 0.15) is 57.4 Å². The van der Waals surface area contributed by atoms with Gasteiger partial charge in [0.1, 0.15) is 12.1 Å². The number of hydrogen-bond donors (Lipinski definition) is 2. The summed E-state index contributed by atoms with van der Waals surface area (Å²) in [6.45, 7) is 1.67. The van der Waals surface area contributed by atoms with Crippen LogP contribution in [0.25, 0.3) is 0 Å². The maximum absolute atomic E-state index is 13.2. The van der Waals surface area contributed by atoms with Gasteiger partial charge in [0, 0.05) is 5.54 Å². The number of hydrogen-bond acceptors (Lipinski definition) is 3. The number of amides is 4. The lowest BCUT2D eigenvalue weighted by atomic mass is 9.53. The summed E-state index contributed by atoms with van der Waals surface area (Å²) in [4.78, 5) is 39.9. The van der Waals surface area contributed by atoms with E-state index in [9.17, 15) is 14.4 Å². The molecule has 4 saturated carbocycles. The highest BCUT2D eigenvalue weighted by Crippen LogP contribution is 2.55. The maximum atomic E-state index is 13.2. The first-order chi connectivity index (χ1) is 13.9. The van der Waals surface area contributed by atoms with Crippen LogP contribution in [-0.2, 0) is 15.1 Å². The lowest BCUT2D eigenvalue weighted by Crippen LogP contribution is -2.61.